The number of nitrogens with one attached hydrogen (secondary N) is 1. The van der Waals surface area contributed by atoms with Gasteiger partial charge in [0, 0.05) is 22.9 Å². The number of benzene rings is 2. The molecule has 6 heteroatoms. The lowest BCUT2D eigenvalue weighted by molar-refractivity contribution is 0.300. The zero-order valence-corrected chi connectivity index (χ0v) is 17.3. The van der Waals surface area contributed by atoms with E-state index in [-0.39, 0.29) is 0 Å². The molecule has 1 aromatic heterocycles. The van der Waals surface area contributed by atoms with Crippen molar-refractivity contribution in [3.8, 4) is 17.0 Å². The Morgan fingerprint density at radius 3 is 2.69 bits per heavy atom. The Kier molecular flexibility index (Phi) is 4.76. The fourth-order valence-corrected chi connectivity index (χ4v) is 4.31. The van der Waals surface area contributed by atoms with E-state index in [1.165, 1.54) is 5.56 Å². The summed E-state index contributed by atoms with van der Waals surface area (Å²) >= 11 is 12.9. The lowest BCUT2D eigenvalue weighted by Gasteiger charge is -2.20. The molecular formula is C23H20Cl2N2O2. The van der Waals surface area contributed by atoms with Crippen molar-refractivity contribution in [1.82, 2.24) is 5.16 Å². The number of rotatable bonds is 5. The van der Waals surface area contributed by atoms with Gasteiger partial charge in [0.05, 0.1) is 15.6 Å². The van der Waals surface area contributed by atoms with E-state index < -0.39 is 0 Å². The number of aromatic nitrogens is 1. The molecule has 148 valence electrons. The molecule has 2 aromatic carbocycles. The number of allylic oxidation sites excluding steroid dienone is 1. The molecule has 4 nitrogen and oxygen atoms in total. The highest BCUT2D eigenvalue weighted by molar-refractivity contribution is 6.39. The molecule has 5 rings (SSSR count). The Morgan fingerprint density at radius 2 is 1.93 bits per heavy atom. The molecule has 0 bridgehead atoms. The summed E-state index contributed by atoms with van der Waals surface area (Å²) in [5, 5.41) is 8.75. The first-order valence-electron chi connectivity index (χ1n) is 9.73. The molecule has 0 amide bonds. The standard InChI is InChI=1S/C23H20Cl2N2O2/c1-13-5-6-15-11-16(9-10-20(15)26-13)28-12-17-22(27-29-23(17)14-7-8-14)21-18(24)3-2-4-19(21)25/h2-4,9-11,14,26H,1,5-8,12H2. The van der Waals surface area contributed by atoms with Crippen LogP contribution in [-0.4, -0.2) is 5.16 Å². The monoisotopic (exact) mass is 426 g/mol. The van der Waals surface area contributed by atoms with Gasteiger partial charge in [-0.05, 0) is 61.6 Å². The summed E-state index contributed by atoms with van der Waals surface area (Å²) in [5.74, 6) is 2.10. The fraction of sp³-hybridized carbons (Fsp3) is 0.261. The summed E-state index contributed by atoms with van der Waals surface area (Å²) in [6.07, 6.45) is 4.10. The molecule has 0 unspecified atom stereocenters. The van der Waals surface area contributed by atoms with E-state index in [2.05, 4.69) is 23.1 Å². The fourth-order valence-electron chi connectivity index (χ4n) is 3.73. The maximum Gasteiger partial charge on any atom is 0.147 e. The second kappa shape index (κ2) is 7.43. The van der Waals surface area contributed by atoms with Crippen LogP contribution in [0.2, 0.25) is 10.0 Å². The number of anilines is 1. The highest BCUT2D eigenvalue weighted by Gasteiger charge is 2.33. The lowest BCUT2D eigenvalue weighted by Crippen LogP contribution is -2.09. The van der Waals surface area contributed by atoms with Crippen LogP contribution in [0, 0.1) is 0 Å². The molecule has 0 saturated heterocycles. The lowest BCUT2D eigenvalue weighted by atomic mass is 10.0. The van der Waals surface area contributed by atoms with Gasteiger partial charge in [-0.25, -0.2) is 0 Å². The summed E-state index contributed by atoms with van der Waals surface area (Å²) < 4.78 is 11.9. The van der Waals surface area contributed by atoms with Crippen molar-refractivity contribution >= 4 is 28.9 Å². The van der Waals surface area contributed by atoms with Crippen molar-refractivity contribution in [2.45, 2.75) is 38.2 Å². The average molecular weight is 427 g/mol. The molecule has 3 aromatic rings. The van der Waals surface area contributed by atoms with Gasteiger partial charge >= 0.3 is 0 Å². The Morgan fingerprint density at radius 1 is 1.14 bits per heavy atom. The van der Waals surface area contributed by atoms with Crippen molar-refractivity contribution < 1.29 is 9.26 Å². The van der Waals surface area contributed by atoms with Gasteiger partial charge < -0.3 is 14.6 Å². The van der Waals surface area contributed by atoms with Crippen LogP contribution in [-0.2, 0) is 13.0 Å². The van der Waals surface area contributed by atoms with E-state index in [0.29, 0.717) is 33.8 Å². The summed E-state index contributed by atoms with van der Waals surface area (Å²) in [4.78, 5) is 0. The third-order valence-electron chi connectivity index (χ3n) is 5.43. The third-order valence-corrected chi connectivity index (χ3v) is 6.06. The molecule has 1 aliphatic heterocycles. The normalized spacial score (nSPS) is 15.7. The highest BCUT2D eigenvalue weighted by Crippen LogP contribution is 2.46. The van der Waals surface area contributed by atoms with Crippen LogP contribution in [0.3, 0.4) is 0 Å². The van der Waals surface area contributed by atoms with Gasteiger partial charge in [0.15, 0.2) is 0 Å². The molecule has 1 aliphatic carbocycles. The predicted octanol–water partition coefficient (Wildman–Crippen LogP) is 6.98. The summed E-state index contributed by atoms with van der Waals surface area (Å²) in [7, 11) is 0. The van der Waals surface area contributed by atoms with Crippen LogP contribution in [0.5, 0.6) is 5.75 Å². The largest absolute Gasteiger partial charge is 0.489 e. The molecule has 0 spiro atoms. The van der Waals surface area contributed by atoms with Gasteiger partial charge in [0.2, 0.25) is 0 Å². The maximum atomic E-state index is 6.43. The molecule has 1 saturated carbocycles. The summed E-state index contributed by atoms with van der Waals surface area (Å²) in [6.45, 7) is 4.36. The van der Waals surface area contributed by atoms with Crippen LogP contribution >= 0.6 is 23.2 Å². The van der Waals surface area contributed by atoms with Crippen LogP contribution in [0.1, 0.15) is 42.1 Å². The van der Waals surface area contributed by atoms with Crippen molar-refractivity contribution in [2.75, 3.05) is 5.32 Å². The second-order valence-electron chi connectivity index (χ2n) is 7.58. The van der Waals surface area contributed by atoms with Crippen LogP contribution in [0.4, 0.5) is 5.69 Å². The molecule has 2 heterocycles. The van der Waals surface area contributed by atoms with Crippen LogP contribution in [0.15, 0.2) is 53.2 Å². The van der Waals surface area contributed by atoms with Gasteiger partial charge in [0.1, 0.15) is 23.8 Å². The van der Waals surface area contributed by atoms with E-state index in [4.69, 9.17) is 32.5 Å². The first-order chi connectivity index (χ1) is 14.1. The first-order valence-corrected chi connectivity index (χ1v) is 10.5. The zero-order valence-electron chi connectivity index (χ0n) is 15.8. The zero-order chi connectivity index (χ0) is 20.0. The maximum absolute atomic E-state index is 6.43. The number of halogens is 2. The molecule has 1 N–H and O–H groups in total. The third kappa shape index (κ3) is 3.63. The van der Waals surface area contributed by atoms with Gasteiger partial charge in [0.25, 0.3) is 0 Å². The number of aryl methyl sites for hydroxylation is 1. The van der Waals surface area contributed by atoms with Gasteiger partial charge in [-0.15, -0.1) is 0 Å². The smallest absolute Gasteiger partial charge is 0.147 e. The van der Waals surface area contributed by atoms with Crippen molar-refractivity contribution in [1.29, 1.82) is 0 Å². The number of hydrogen-bond donors (Lipinski definition) is 1. The molecule has 1 fully saturated rings. The van der Waals surface area contributed by atoms with E-state index in [0.717, 1.165) is 54.1 Å². The van der Waals surface area contributed by atoms with E-state index in [1.807, 2.05) is 30.3 Å². The number of nitrogens with zero attached hydrogens (tertiary/aromatic N) is 1. The Balaban J connectivity index is 1.45. The molecule has 0 atom stereocenters. The second-order valence-corrected chi connectivity index (χ2v) is 8.40. The van der Waals surface area contributed by atoms with Gasteiger partial charge in [-0.2, -0.15) is 0 Å². The van der Waals surface area contributed by atoms with E-state index in [1.54, 1.807) is 0 Å². The van der Waals surface area contributed by atoms with Gasteiger partial charge in [-0.3, -0.25) is 0 Å². The topological polar surface area (TPSA) is 47.3 Å². The Hall–Kier alpha value is -2.43. The number of fused-ring (bicyclic) bond motifs is 1. The quantitative estimate of drug-likeness (QED) is 0.477. The van der Waals surface area contributed by atoms with Crippen molar-refractivity contribution in [3.05, 3.63) is 75.6 Å². The molecule has 0 radical (unpaired) electrons. The summed E-state index contributed by atoms with van der Waals surface area (Å²) in [6, 6.07) is 11.5. The van der Waals surface area contributed by atoms with Crippen molar-refractivity contribution in [3.63, 3.8) is 0 Å². The minimum Gasteiger partial charge on any atom is -0.489 e. The molecular weight excluding hydrogens is 407 g/mol. The van der Waals surface area contributed by atoms with E-state index in [9.17, 15) is 0 Å². The van der Waals surface area contributed by atoms with Gasteiger partial charge in [-0.1, -0.05) is 41.0 Å². The van der Waals surface area contributed by atoms with Crippen LogP contribution in [0.25, 0.3) is 11.3 Å². The van der Waals surface area contributed by atoms with Crippen molar-refractivity contribution in [2.24, 2.45) is 0 Å². The Labute approximate surface area is 179 Å². The first kappa shape index (κ1) is 18.6. The summed E-state index contributed by atoms with van der Waals surface area (Å²) in [5.41, 5.74) is 5.66. The SMILES string of the molecule is C=C1CCc2cc(OCc3c(-c4c(Cl)cccc4Cl)noc3C3CC3)ccc2N1. The minimum atomic E-state index is 0.352. The predicted molar refractivity (Wildman–Crippen MR) is 116 cm³/mol. The average Bonchev–Trinajstić information content (AvgIpc) is 3.47. The Bertz CT molecular complexity index is 1080. The molecule has 2 aliphatic rings. The minimum absolute atomic E-state index is 0.352. The van der Waals surface area contributed by atoms with E-state index >= 15 is 0 Å². The highest BCUT2D eigenvalue weighted by atomic mass is 35.5. The number of hydrogen-bond acceptors (Lipinski definition) is 4. The molecule has 29 heavy (non-hydrogen) atoms. The number of ether oxygens (including phenoxy) is 1. The van der Waals surface area contributed by atoms with Crippen LogP contribution < -0.4 is 10.1 Å².